The number of anilines is 1. The average Bonchev–Trinajstić information content (AvgIpc) is 2.98. The van der Waals surface area contributed by atoms with Gasteiger partial charge in [-0.2, -0.15) is 0 Å². The number of benzene rings is 2. The van der Waals surface area contributed by atoms with E-state index < -0.39 is 0 Å². The molecule has 1 heterocycles. The summed E-state index contributed by atoms with van der Waals surface area (Å²) in [4.78, 5) is 12.1. The Labute approximate surface area is 132 Å². The molecular weight excluding hydrogens is 300 g/mol. The van der Waals surface area contributed by atoms with Gasteiger partial charge in [-0.3, -0.25) is 4.79 Å². The Balaban J connectivity index is 1.73. The molecule has 1 amide bonds. The minimum atomic E-state index is -0.137. The van der Waals surface area contributed by atoms with Gasteiger partial charge in [-0.25, -0.2) is 4.68 Å². The minimum Gasteiger partial charge on any atom is -0.326 e. The molecule has 0 radical (unpaired) electrons. The maximum absolute atomic E-state index is 12.1. The fraction of sp³-hybridized carbons (Fsp3) is 0.0625. The molecule has 0 unspecified atom stereocenters. The van der Waals surface area contributed by atoms with Crippen molar-refractivity contribution in [1.82, 2.24) is 15.0 Å². The zero-order chi connectivity index (χ0) is 15.4. The lowest BCUT2D eigenvalue weighted by Gasteiger charge is -2.07. The second-order valence-electron chi connectivity index (χ2n) is 4.70. The van der Waals surface area contributed by atoms with Crippen LogP contribution in [0.25, 0.3) is 5.69 Å². The number of aromatic nitrogens is 3. The third-order valence-electron chi connectivity index (χ3n) is 3.09. The Morgan fingerprint density at radius 2 is 1.82 bits per heavy atom. The lowest BCUT2D eigenvalue weighted by atomic mass is 10.2. The van der Waals surface area contributed by atoms with Gasteiger partial charge in [0.05, 0.1) is 24.0 Å². The normalized spacial score (nSPS) is 10.4. The van der Waals surface area contributed by atoms with Crippen molar-refractivity contribution in [3.05, 3.63) is 71.5 Å². The summed E-state index contributed by atoms with van der Waals surface area (Å²) in [5.74, 6) is -0.137. The predicted octanol–water partition coefficient (Wildman–Crippen LogP) is 3.10. The van der Waals surface area contributed by atoms with E-state index >= 15 is 0 Å². The van der Waals surface area contributed by atoms with Gasteiger partial charge in [-0.15, -0.1) is 5.10 Å². The van der Waals surface area contributed by atoms with Crippen LogP contribution in [0.4, 0.5) is 5.69 Å². The Kier molecular flexibility index (Phi) is 4.16. The number of halogens is 1. The highest BCUT2D eigenvalue weighted by Gasteiger charge is 2.11. The maximum atomic E-state index is 12.1. The Morgan fingerprint density at radius 3 is 2.55 bits per heavy atom. The summed E-state index contributed by atoms with van der Waals surface area (Å²) >= 11 is 5.82. The Morgan fingerprint density at radius 1 is 1.09 bits per heavy atom. The summed E-state index contributed by atoms with van der Waals surface area (Å²) in [6.07, 6.45) is 1.78. The quantitative estimate of drug-likeness (QED) is 0.805. The molecular formula is C16H13ClN4O. The summed E-state index contributed by atoms with van der Waals surface area (Å²) in [6, 6.07) is 16.5. The smallest absolute Gasteiger partial charge is 0.230 e. The molecule has 0 bridgehead atoms. The molecule has 3 rings (SSSR count). The second-order valence-corrected chi connectivity index (χ2v) is 5.14. The third kappa shape index (κ3) is 3.32. The highest BCUT2D eigenvalue weighted by molar-refractivity contribution is 6.30. The standard InChI is InChI=1S/C16H13ClN4O/c17-12-6-8-13(9-7-12)19-16(22)10-15-11-18-20-21(15)14-4-2-1-3-5-14/h1-9,11H,10H2,(H,19,22). The van der Waals surface area contributed by atoms with Crippen LogP contribution in [-0.2, 0) is 11.2 Å². The summed E-state index contributed by atoms with van der Waals surface area (Å²) in [5.41, 5.74) is 2.29. The number of nitrogens with zero attached hydrogens (tertiary/aromatic N) is 3. The van der Waals surface area contributed by atoms with Crippen molar-refractivity contribution < 1.29 is 4.79 Å². The van der Waals surface area contributed by atoms with E-state index in [2.05, 4.69) is 15.6 Å². The van der Waals surface area contributed by atoms with Crippen LogP contribution in [0, 0.1) is 0 Å². The van der Waals surface area contributed by atoms with Crippen LogP contribution in [0.15, 0.2) is 60.8 Å². The first-order chi connectivity index (χ1) is 10.7. The molecule has 0 saturated carbocycles. The molecule has 22 heavy (non-hydrogen) atoms. The fourth-order valence-corrected chi connectivity index (χ4v) is 2.19. The van der Waals surface area contributed by atoms with Gasteiger partial charge in [-0.1, -0.05) is 35.0 Å². The number of hydrogen-bond acceptors (Lipinski definition) is 3. The fourth-order valence-electron chi connectivity index (χ4n) is 2.07. The molecule has 2 aromatic carbocycles. The first-order valence-electron chi connectivity index (χ1n) is 6.73. The number of amides is 1. The van der Waals surface area contributed by atoms with Gasteiger partial charge in [0, 0.05) is 10.7 Å². The van der Waals surface area contributed by atoms with E-state index in [1.165, 1.54) is 0 Å². The summed E-state index contributed by atoms with van der Waals surface area (Å²) in [7, 11) is 0. The summed E-state index contributed by atoms with van der Waals surface area (Å²) in [6.45, 7) is 0. The molecule has 5 nitrogen and oxygen atoms in total. The van der Waals surface area contributed by atoms with Crippen molar-refractivity contribution in [2.24, 2.45) is 0 Å². The van der Waals surface area contributed by atoms with E-state index in [-0.39, 0.29) is 12.3 Å². The van der Waals surface area contributed by atoms with Crippen molar-refractivity contribution in [2.45, 2.75) is 6.42 Å². The van der Waals surface area contributed by atoms with E-state index in [4.69, 9.17) is 11.6 Å². The molecule has 0 spiro atoms. The maximum Gasteiger partial charge on any atom is 0.230 e. The number of carbonyl (C=O) groups excluding carboxylic acids is 1. The van der Waals surface area contributed by atoms with Crippen LogP contribution in [0.5, 0.6) is 0 Å². The van der Waals surface area contributed by atoms with Crippen molar-refractivity contribution in [1.29, 1.82) is 0 Å². The molecule has 0 fully saturated rings. The molecule has 0 saturated heterocycles. The van der Waals surface area contributed by atoms with Gasteiger partial charge in [0.1, 0.15) is 0 Å². The predicted molar refractivity (Wildman–Crippen MR) is 85.1 cm³/mol. The minimum absolute atomic E-state index is 0.137. The van der Waals surface area contributed by atoms with Crippen molar-refractivity contribution in [3.63, 3.8) is 0 Å². The number of carbonyl (C=O) groups is 1. The van der Waals surface area contributed by atoms with Crippen molar-refractivity contribution in [2.75, 3.05) is 5.32 Å². The van der Waals surface area contributed by atoms with Gasteiger partial charge in [0.2, 0.25) is 5.91 Å². The highest BCUT2D eigenvalue weighted by Crippen LogP contribution is 2.14. The molecule has 0 aliphatic carbocycles. The van der Waals surface area contributed by atoms with Gasteiger partial charge in [0.15, 0.2) is 0 Å². The molecule has 0 atom stereocenters. The number of para-hydroxylation sites is 1. The van der Waals surface area contributed by atoms with Gasteiger partial charge >= 0.3 is 0 Å². The molecule has 0 aliphatic rings. The highest BCUT2D eigenvalue weighted by atomic mass is 35.5. The lowest BCUT2D eigenvalue weighted by Crippen LogP contribution is -2.16. The van der Waals surface area contributed by atoms with Crippen LogP contribution < -0.4 is 5.32 Å². The van der Waals surface area contributed by atoms with Crippen molar-refractivity contribution >= 4 is 23.2 Å². The van der Waals surface area contributed by atoms with Crippen LogP contribution in [0.1, 0.15) is 5.69 Å². The number of hydrogen-bond donors (Lipinski definition) is 1. The van der Waals surface area contributed by atoms with Gasteiger partial charge < -0.3 is 5.32 Å². The van der Waals surface area contributed by atoms with Crippen LogP contribution >= 0.6 is 11.6 Å². The molecule has 3 aromatic rings. The SMILES string of the molecule is O=C(Cc1cnnn1-c1ccccc1)Nc1ccc(Cl)cc1. The molecule has 1 aromatic heterocycles. The van der Waals surface area contributed by atoms with E-state index in [0.717, 1.165) is 11.4 Å². The van der Waals surface area contributed by atoms with E-state index in [9.17, 15) is 4.79 Å². The largest absolute Gasteiger partial charge is 0.326 e. The summed E-state index contributed by atoms with van der Waals surface area (Å²) in [5, 5.41) is 11.4. The monoisotopic (exact) mass is 312 g/mol. The van der Waals surface area contributed by atoms with Gasteiger partial charge in [-0.05, 0) is 36.4 Å². The third-order valence-corrected chi connectivity index (χ3v) is 3.34. The number of rotatable bonds is 4. The topological polar surface area (TPSA) is 59.8 Å². The zero-order valence-corrected chi connectivity index (χ0v) is 12.4. The first kappa shape index (κ1) is 14.3. The number of nitrogens with one attached hydrogen (secondary N) is 1. The Hall–Kier alpha value is -2.66. The molecule has 1 N–H and O–H groups in total. The zero-order valence-electron chi connectivity index (χ0n) is 11.6. The van der Waals surface area contributed by atoms with E-state index in [1.54, 1.807) is 35.1 Å². The van der Waals surface area contributed by atoms with Gasteiger partial charge in [0.25, 0.3) is 0 Å². The Bertz CT molecular complexity index is 768. The van der Waals surface area contributed by atoms with E-state index in [1.807, 2.05) is 30.3 Å². The van der Waals surface area contributed by atoms with Crippen molar-refractivity contribution in [3.8, 4) is 5.69 Å². The summed E-state index contributed by atoms with van der Waals surface area (Å²) < 4.78 is 1.65. The lowest BCUT2D eigenvalue weighted by molar-refractivity contribution is -0.115. The second kappa shape index (κ2) is 6.41. The van der Waals surface area contributed by atoms with Crippen LogP contribution in [-0.4, -0.2) is 20.9 Å². The van der Waals surface area contributed by atoms with Crippen LogP contribution in [0.2, 0.25) is 5.02 Å². The molecule has 6 heteroatoms. The molecule has 0 aliphatic heterocycles. The first-order valence-corrected chi connectivity index (χ1v) is 7.10. The van der Waals surface area contributed by atoms with Crippen LogP contribution in [0.3, 0.4) is 0 Å². The average molecular weight is 313 g/mol. The molecule has 110 valence electrons. The van der Waals surface area contributed by atoms with E-state index in [0.29, 0.717) is 10.7 Å².